The topological polar surface area (TPSA) is 124 Å². The van der Waals surface area contributed by atoms with Gasteiger partial charge in [0.2, 0.25) is 0 Å². The molecule has 2 atom stereocenters. The van der Waals surface area contributed by atoms with Gasteiger partial charge in [-0.2, -0.15) is 0 Å². The number of rotatable bonds is 2. The van der Waals surface area contributed by atoms with Gasteiger partial charge in [0.15, 0.2) is 0 Å². The van der Waals surface area contributed by atoms with Gasteiger partial charge in [-0.25, -0.2) is 14.6 Å². The molecule has 2 aromatic rings. The normalized spacial score (nSPS) is 20.4. The van der Waals surface area contributed by atoms with E-state index in [0.717, 1.165) is 11.3 Å². The Labute approximate surface area is 195 Å². The van der Waals surface area contributed by atoms with Crippen molar-refractivity contribution in [3.63, 3.8) is 0 Å². The van der Waals surface area contributed by atoms with Crippen molar-refractivity contribution in [2.45, 2.75) is 39.8 Å². The maximum atomic E-state index is 12.7. The van der Waals surface area contributed by atoms with Crippen LogP contribution in [-0.2, 0) is 9.47 Å². The second kappa shape index (κ2) is 10.6. The van der Waals surface area contributed by atoms with Gasteiger partial charge in [0.1, 0.15) is 24.6 Å². The van der Waals surface area contributed by atoms with Crippen molar-refractivity contribution < 1.29 is 28.7 Å². The summed E-state index contributed by atoms with van der Waals surface area (Å²) < 4.78 is 10.7. The highest BCUT2D eigenvalue weighted by molar-refractivity contribution is 7.15. The first kappa shape index (κ1) is 24.4. The number of hydrogen-bond acceptors (Lipinski definition) is 8. The average molecular weight is 474 g/mol. The van der Waals surface area contributed by atoms with Crippen molar-refractivity contribution in [2.24, 2.45) is 11.8 Å². The molecule has 2 N–H and O–H groups in total. The van der Waals surface area contributed by atoms with Crippen LogP contribution in [0.3, 0.4) is 0 Å². The maximum absolute atomic E-state index is 12.7. The van der Waals surface area contributed by atoms with Crippen molar-refractivity contribution in [2.75, 3.05) is 13.2 Å². The molecule has 1 aliphatic rings. The summed E-state index contributed by atoms with van der Waals surface area (Å²) in [5.74, 6) is -2.20. The van der Waals surface area contributed by atoms with Crippen molar-refractivity contribution in [1.29, 1.82) is 0 Å². The van der Waals surface area contributed by atoms with E-state index in [4.69, 9.17) is 9.47 Å². The number of amides is 2. The number of ether oxygens (including phenoxy) is 2. The van der Waals surface area contributed by atoms with Gasteiger partial charge in [-0.3, -0.25) is 9.59 Å². The molecule has 0 saturated carbocycles. The maximum Gasteiger partial charge on any atom is 0.357 e. The summed E-state index contributed by atoms with van der Waals surface area (Å²) in [6.45, 7) is 7.40. The van der Waals surface area contributed by atoms with Gasteiger partial charge in [0.25, 0.3) is 11.8 Å². The standard InChI is InChI=1S/C23H27N3O6S/c1-12(2)16-10-31-22(29)14-6-5-7-15(24-14)23(30)32-11-17(13(3)4)26-21(28)19-9-8-18(33-19)20(27)25-16/h5-9,12-13,16-17H,10-11H2,1-4H3,(H,25,27)(H,26,28)/t16-,17-/m1/s1. The van der Waals surface area contributed by atoms with E-state index in [2.05, 4.69) is 15.6 Å². The van der Waals surface area contributed by atoms with Crippen LogP contribution in [0.1, 0.15) is 68.0 Å². The Hall–Kier alpha value is -3.27. The Balaban J connectivity index is 1.92. The first-order valence-corrected chi connectivity index (χ1v) is 11.5. The quantitative estimate of drug-likeness (QED) is 0.643. The number of nitrogens with zero attached hydrogens (tertiary/aromatic N) is 1. The van der Waals surface area contributed by atoms with Crippen molar-refractivity contribution >= 4 is 35.1 Å². The lowest BCUT2D eigenvalue weighted by Crippen LogP contribution is -2.42. The molecule has 3 rings (SSSR count). The van der Waals surface area contributed by atoms with Crippen molar-refractivity contribution in [1.82, 2.24) is 15.6 Å². The lowest BCUT2D eigenvalue weighted by Gasteiger charge is -2.22. The zero-order valence-corrected chi connectivity index (χ0v) is 19.7. The Morgan fingerprint density at radius 3 is 1.61 bits per heavy atom. The van der Waals surface area contributed by atoms with Crippen LogP contribution in [0.2, 0.25) is 0 Å². The van der Waals surface area contributed by atoms with Gasteiger partial charge in [-0.1, -0.05) is 33.8 Å². The second-order valence-electron chi connectivity index (χ2n) is 8.42. The first-order valence-electron chi connectivity index (χ1n) is 10.7. The van der Waals surface area contributed by atoms with Crippen LogP contribution in [0.25, 0.3) is 0 Å². The highest BCUT2D eigenvalue weighted by Gasteiger charge is 2.25. The summed E-state index contributed by atoms with van der Waals surface area (Å²) >= 11 is 1.06. The number of carbonyl (C=O) groups is 4. The van der Waals surface area contributed by atoms with Crippen LogP contribution >= 0.6 is 11.3 Å². The fourth-order valence-electron chi connectivity index (χ4n) is 3.00. The first-order chi connectivity index (χ1) is 15.7. The smallest absolute Gasteiger partial charge is 0.357 e. The summed E-state index contributed by atoms with van der Waals surface area (Å²) in [6, 6.07) is 6.61. The molecule has 3 heterocycles. The van der Waals surface area contributed by atoms with Crippen LogP contribution in [0.15, 0.2) is 30.3 Å². The largest absolute Gasteiger partial charge is 0.459 e. The number of aromatic nitrogens is 1. The number of nitrogens with one attached hydrogen (secondary N) is 2. The molecule has 1 aliphatic heterocycles. The van der Waals surface area contributed by atoms with E-state index in [9.17, 15) is 19.2 Å². The molecule has 0 unspecified atom stereocenters. The second-order valence-corrected chi connectivity index (χ2v) is 9.50. The zero-order chi connectivity index (χ0) is 24.1. The van der Waals surface area contributed by atoms with E-state index >= 15 is 0 Å². The zero-order valence-electron chi connectivity index (χ0n) is 18.9. The molecule has 0 spiro atoms. The molecule has 2 aromatic heterocycles. The van der Waals surface area contributed by atoms with E-state index < -0.39 is 24.0 Å². The number of esters is 2. The fraction of sp³-hybridized carbons (Fsp3) is 0.435. The minimum Gasteiger partial charge on any atom is -0.459 e. The predicted molar refractivity (Wildman–Crippen MR) is 121 cm³/mol. The van der Waals surface area contributed by atoms with E-state index in [-0.39, 0.29) is 48.3 Å². The minimum absolute atomic E-state index is 0.0313. The molecule has 0 aliphatic carbocycles. The summed E-state index contributed by atoms with van der Waals surface area (Å²) in [5.41, 5.74) is -0.0907. The molecule has 0 radical (unpaired) electrons. The minimum atomic E-state index is -0.712. The summed E-state index contributed by atoms with van der Waals surface area (Å²) in [4.78, 5) is 55.3. The van der Waals surface area contributed by atoms with E-state index in [0.29, 0.717) is 9.75 Å². The summed E-state index contributed by atoms with van der Waals surface area (Å²) in [5, 5.41) is 5.72. The van der Waals surface area contributed by atoms with Crippen molar-refractivity contribution in [3.8, 4) is 0 Å². The third-order valence-corrected chi connectivity index (χ3v) is 6.33. The number of fused-ring (bicyclic) bond motifs is 4. The van der Waals surface area contributed by atoms with Crippen molar-refractivity contribution in [3.05, 3.63) is 51.5 Å². The molecule has 2 amide bonds. The highest BCUT2D eigenvalue weighted by atomic mass is 32.1. The molecule has 33 heavy (non-hydrogen) atoms. The lowest BCUT2D eigenvalue weighted by molar-refractivity contribution is 0.0413. The van der Waals surface area contributed by atoms with Gasteiger partial charge in [0, 0.05) is 0 Å². The van der Waals surface area contributed by atoms with Crippen LogP contribution < -0.4 is 10.6 Å². The van der Waals surface area contributed by atoms with Crippen LogP contribution in [0.5, 0.6) is 0 Å². The molecule has 0 saturated heterocycles. The van der Waals surface area contributed by atoms with Gasteiger partial charge in [-0.15, -0.1) is 11.3 Å². The molecule has 4 bridgehead atoms. The molecule has 176 valence electrons. The highest BCUT2D eigenvalue weighted by Crippen LogP contribution is 2.18. The van der Waals surface area contributed by atoms with Gasteiger partial charge in [0.05, 0.1) is 21.8 Å². The SMILES string of the molecule is CC(C)[C@H]1COC(=O)c2cccc(n2)C(=O)OC[C@H](C(C)C)NC(=O)c2ccc(s2)C(=O)N1. The van der Waals surface area contributed by atoms with Gasteiger partial charge < -0.3 is 20.1 Å². The molecule has 0 fully saturated rings. The van der Waals surface area contributed by atoms with Crippen LogP contribution in [-0.4, -0.2) is 54.0 Å². The van der Waals surface area contributed by atoms with Gasteiger partial charge >= 0.3 is 11.9 Å². The Morgan fingerprint density at radius 2 is 1.21 bits per heavy atom. The molecule has 9 nitrogen and oxygen atoms in total. The Kier molecular flexibility index (Phi) is 7.80. The lowest BCUT2D eigenvalue weighted by atomic mass is 10.1. The third kappa shape index (κ3) is 6.16. The Morgan fingerprint density at radius 1 is 0.788 bits per heavy atom. The van der Waals surface area contributed by atoms with E-state index in [1.807, 2.05) is 27.7 Å². The predicted octanol–water partition coefficient (Wildman–Crippen LogP) is 2.68. The van der Waals surface area contributed by atoms with E-state index in [1.54, 1.807) is 12.1 Å². The van der Waals surface area contributed by atoms with E-state index in [1.165, 1.54) is 18.2 Å². The fourth-order valence-corrected chi connectivity index (χ4v) is 3.82. The number of pyridine rings is 1. The number of carbonyl (C=O) groups excluding carboxylic acids is 4. The molecule has 10 heteroatoms. The van der Waals surface area contributed by atoms with Crippen LogP contribution in [0.4, 0.5) is 0 Å². The summed E-state index contributed by atoms with van der Waals surface area (Å²) in [7, 11) is 0. The monoisotopic (exact) mass is 473 g/mol. The van der Waals surface area contributed by atoms with Gasteiger partial charge in [-0.05, 0) is 36.1 Å². The number of thiophene rings is 1. The summed E-state index contributed by atoms with van der Waals surface area (Å²) in [6.07, 6.45) is 0. The number of cyclic esters (lactones) is 2. The molecular formula is C23H27N3O6S. The Bertz CT molecular complexity index is 973. The molecular weight excluding hydrogens is 446 g/mol. The molecule has 0 aromatic carbocycles. The average Bonchev–Trinajstić information content (AvgIpc) is 3.28. The van der Waals surface area contributed by atoms with Crippen LogP contribution in [0, 0.1) is 11.8 Å². The number of hydrogen-bond donors (Lipinski definition) is 2. The third-order valence-electron chi connectivity index (χ3n) is 5.25.